The van der Waals surface area contributed by atoms with E-state index in [1.807, 2.05) is 55.5 Å². The van der Waals surface area contributed by atoms with E-state index in [1.54, 1.807) is 0 Å². The Kier molecular flexibility index (Phi) is 6.24. The van der Waals surface area contributed by atoms with Crippen LogP contribution in [0.25, 0.3) is 17.2 Å². The Bertz CT molecular complexity index is 1530. The molecule has 1 fully saturated rings. The molecule has 0 bridgehead atoms. The van der Waals surface area contributed by atoms with E-state index in [0.29, 0.717) is 34.6 Å². The maximum atomic E-state index is 13.5. The second-order valence-electron chi connectivity index (χ2n) is 8.66. The monoisotopic (exact) mass is 502 g/mol. The summed E-state index contributed by atoms with van der Waals surface area (Å²) in [5.41, 5.74) is 4.65. The maximum Gasteiger partial charge on any atom is 0.267 e. The Labute approximate surface area is 210 Å². The fourth-order valence-corrected chi connectivity index (χ4v) is 5.27. The van der Waals surface area contributed by atoms with Gasteiger partial charge in [0.1, 0.15) is 12.0 Å². The Morgan fingerprint density at radius 1 is 1.14 bits per heavy atom. The van der Waals surface area contributed by atoms with Gasteiger partial charge in [0.05, 0.1) is 30.4 Å². The van der Waals surface area contributed by atoms with Gasteiger partial charge in [-0.15, -0.1) is 0 Å². The third kappa shape index (κ3) is 4.83. The molecule has 5 rings (SSSR count). The number of anilines is 2. The average Bonchev–Trinajstić information content (AvgIpc) is 3.60. The highest BCUT2D eigenvalue weighted by Crippen LogP contribution is 2.45. The lowest BCUT2D eigenvalue weighted by molar-refractivity contribution is 0.385. The van der Waals surface area contributed by atoms with Crippen LogP contribution < -0.4 is 14.8 Å². The smallest absolute Gasteiger partial charge is 0.267 e. The van der Waals surface area contributed by atoms with Gasteiger partial charge in [0.25, 0.3) is 10.0 Å². The topological polar surface area (TPSA) is 106 Å². The highest BCUT2D eigenvalue weighted by Gasteiger charge is 2.30. The minimum Gasteiger partial charge on any atom is -0.480 e. The molecule has 2 aromatic heterocycles. The van der Waals surface area contributed by atoms with E-state index in [0.717, 1.165) is 29.5 Å². The number of para-hydroxylation sites is 1. The van der Waals surface area contributed by atoms with Crippen LogP contribution in [0.3, 0.4) is 0 Å². The molecule has 2 heterocycles. The lowest BCUT2D eigenvalue weighted by atomic mass is 10.0. The first-order valence-corrected chi connectivity index (χ1v) is 13.0. The van der Waals surface area contributed by atoms with Gasteiger partial charge in [0.2, 0.25) is 11.8 Å². The average molecular weight is 503 g/mol. The molecule has 0 spiro atoms. The molecule has 0 atom stereocenters. The first-order chi connectivity index (χ1) is 17.4. The van der Waals surface area contributed by atoms with E-state index < -0.39 is 10.0 Å². The Balaban J connectivity index is 1.41. The van der Waals surface area contributed by atoms with Crippen molar-refractivity contribution in [3.05, 3.63) is 90.5 Å². The van der Waals surface area contributed by atoms with Crippen molar-refractivity contribution < 1.29 is 17.6 Å². The number of sulfonamides is 1. The number of pyridine rings is 1. The van der Waals surface area contributed by atoms with Gasteiger partial charge in [-0.3, -0.25) is 4.72 Å². The quantitative estimate of drug-likeness (QED) is 0.297. The molecule has 8 nitrogen and oxygen atoms in total. The van der Waals surface area contributed by atoms with E-state index in [9.17, 15) is 8.42 Å². The summed E-state index contributed by atoms with van der Waals surface area (Å²) in [4.78, 5) is 8.60. The summed E-state index contributed by atoms with van der Waals surface area (Å²) < 4.78 is 40.6. The number of aromatic nitrogens is 2. The number of rotatable bonds is 9. The van der Waals surface area contributed by atoms with Crippen LogP contribution >= 0.6 is 0 Å². The fourth-order valence-electron chi connectivity index (χ4n) is 3.96. The summed E-state index contributed by atoms with van der Waals surface area (Å²) in [6, 6.07) is 16.8. The molecule has 36 heavy (non-hydrogen) atoms. The van der Waals surface area contributed by atoms with E-state index in [-0.39, 0.29) is 10.8 Å². The van der Waals surface area contributed by atoms with Crippen molar-refractivity contribution in [1.29, 1.82) is 0 Å². The van der Waals surface area contributed by atoms with Crippen molar-refractivity contribution in [1.82, 2.24) is 9.97 Å². The lowest BCUT2D eigenvalue weighted by Gasteiger charge is -2.17. The number of nitrogens with one attached hydrogen (secondary N) is 2. The Hall–Kier alpha value is -4.11. The van der Waals surface area contributed by atoms with Crippen molar-refractivity contribution in [2.24, 2.45) is 0 Å². The largest absolute Gasteiger partial charge is 0.480 e. The molecule has 1 aliphatic rings. The summed E-state index contributed by atoms with van der Waals surface area (Å²) in [7, 11) is -2.62. The third-order valence-corrected chi connectivity index (χ3v) is 7.33. The second-order valence-corrected chi connectivity index (χ2v) is 10.3. The Morgan fingerprint density at radius 2 is 1.92 bits per heavy atom. The molecule has 184 valence electrons. The molecular weight excluding hydrogens is 476 g/mol. The summed E-state index contributed by atoms with van der Waals surface area (Å²) in [6.45, 7) is 5.91. The van der Waals surface area contributed by atoms with E-state index in [1.165, 1.54) is 25.6 Å². The predicted molar refractivity (Wildman–Crippen MR) is 139 cm³/mol. The van der Waals surface area contributed by atoms with E-state index in [4.69, 9.17) is 9.15 Å². The molecule has 0 saturated heterocycles. The van der Waals surface area contributed by atoms with Gasteiger partial charge in [-0.2, -0.15) is 0 Å². The summed E-state index contributed by atoms with van der Waals surface area (Å²) in [5.74, 6) is 0.828. The van der Waals surface area contributed by atoms with E-state index in [2.05, 4.69) is 26.6 Å². The van der Waals surface area contributed by atoms with Crippen LogP contribution in [0.2, 0.25) is 0 Å². The van der Waals surface area contributed by atoms with Crippen LogP contribution in [0.5, 0.6) is 5.88 Å². The van der Waals surface area contributed by atoms with Gasteiger partial charge in [0, 0.05) is 5.56 Å². The first kappa shape index (κ1) is 23.6. The standard InChI is InChI=1S/C27H26N4O4S/c1-17-8-7-11-22(19-12-13-19)25(17)31-36(32,33)24-14-21(15-28-27(24)34-3)29-18(2)23-16-35-26(30-23)20-9-5-4-6-10-20/h4-11,14-16,19,29,31H,2,12-13H2,1,3H3. The number of hydrogen-bond acceptors (Lipinski definition) is 7. The molecular formula is C27H26N4O4S. The van der Waals surface area contributed by atoms with Crippen molar-refractivity contribution in [2.45, 2.75) is 30.6 Å². The van der Waals surface area contributed by atoms with Gasteiger partial charge < -0.3 is 14.5 Å². The molecule has 0 radical (unpaired) electrons. The molecule has 0 aliphatic heterocycles. The molecule has 9 heteroatoms. The van der Waals surface area contributed by atoms with Crippen LogP contribution in [-0.2, 0) is 10.0 Å². The van der Waals surface area contributed by atoms with Crippen LogP contribution in [0.1, 0.15) is 35.6 Å². The highest BCUT2D eigenvalue weighted by molar-refractivity contribution is 7.92. The molecule has 1 aliphatic carbocycles. The van der Waals surface area contributed by atoms with Gasteiger partial charge in [-0.25, -0.2) is 18.4 Å². The van der Waals surface area contributed by atoms with E-state index >= 15 is 0 Å². The zero-order valence-electron chi connectivity index (χ0n) is 20.0. The molecule has 2 aromatic carbocycles. The third-order valence-electron chi connectivity index (χ3n) is 5.99. The van der Waals surface area contributed by atoms with Crippen molar-refractivity contribution in [3.8, 4) is 17.3 Å². The molecule has 2 N–H and O–H groups in total. The minimum absolute atomic E-state index is 0.00646. The number of methoxy groups -OCH3 is 1. The van der Waals surface area contributed by atoms with Gasteiger partial charge in [-0.1, -0.05) is 43.0 Å². The van der Waals surface area contributed by atoms with Crippen LogP contribution in [0.4, 0.5) is 11.4 Å². The number of nitrogens with zero attached hydrogens (tertiary/aromatic N) is 2. The predicted octanol–water partition coefficient (Wildman–Crippen LogP) is 5.81. The van der Waals surface area contributed by atoms with Crippen LogP contribution in [0, 0.1) is 6.92 Å². The van der Waals surface area contributed by atoms with Crippen molar-refractivity contribution in [3.63, 3.8) is 0 Å². The molecule has 0 unspecified atom stereocenters. The van der Waals surface area contributed by atoms with Gasteiger partial charge >= 0.3 is 0 Å². The zero-order chi connectivity index (χ0) is 25.3. The second kappa shape index (κ2) is 9.50. The van der Waals surface area contributed by atoms with Gasteiger partial charge in [0.15, 0.2) is 4.90 Å². The number of ether oxygens (including phenoxy) is 1. The van der Waals surface area contributed by atoms with Gasteiger partial charge in [-0.05, 0) is 55.0 Å². The Morgan fingerprint density at radius 3 is 2.64 bits per heavy atom. The molecule has 1 saturated carbocycles. The fraction of sp³-hybridized carbons (Fsp3) is 0.185. The molecule has 4 aromatic rings. The zero-order valence-corrected chi connectivity index (χ0v) is 20.8. The number of hydrogen-bond donors (Lipinski definition) is 2. The normalized spacial score (nSPS) is 13.3. The molecule has 0 amide bonds. The summed E-state index contributed by atoms with van der Waals surface area (Å²) >= 11 is 0. The van der Waals surface area contributed by atoms with Crippen LogP contribution in [0.15, 0.2) is 82.9 Å². The number of oxazole rings is 1. The summed E-state index contributed by atoms with van der Waals surface area (Å²) in [6.07, 6.45) is 5.08. The van der Waals surface area contributed by atoms with Crippen molar-refractivity contribution >= 4 is 27.1 Å². The van der Waals surface area contributed by atoms with Crippen molar-refractivity contribution in [2.75, 3.05) is 17.1 Å². The SMILES string of the molecule is C=C(Nc1cnc(OC)c(S(=O)(=O)Nc2c(C)cccc2C2CC2)c1)c1coc(-c2ccccc2)n1. The minimum atomic E-state index is -4.00. The maximum absolute atomic E-state index is 13.5. The highest BCUT2D eigenvalue weighted by atomic mass is 32.2. The number of aryl methyl sites for hydroxylation is 1. The first-order valence-electron chi connectivity index (χ1n) is 11.5. The number of benzene rings is 2. The summed E-state index contributed by atoms with van der Waals surface area (Å²) in [5, 5.41) is 3.07. The van der Waals surface area contributed by atoms with Crippen LogP contribution in [-0.4, -0.2) is 25.5 Å². The lowest BCUT2D eigenvalue weighted by Crippen LogP contribution is -2.17.